The quantitative estimate of drug-likeness (QED) is 0.768. The molecule has 0 saturated heterocycles. The fourth-order valence-corrected chi connectivity index (χ4v) is 2.25. The summed E-state index contributed by atoms with van der Waals surface area (Å²) in [4.78, 5) is 36.3. The summed E-state index contributed by atoms with van der Waals surface area (Å²) in [6.45, 7) is 1.77. The van der Waals surface area contributed by atoms with Crippen LogP contribution in [0.25, 0.3) is 0 Å². The summed E-state index contributed by atoms with van der Waals surface area (Å²) in [7, 11) is 1.54. The monoisotopic (exact) mass is 321 g/mol. The number of ether oxygens (including phenoxy) is 2. The van der Waals surface area contributed by atoms with Crippen LogP contribution in [0.4, 0.5) is 0 Å². The highest BCUT2D eigenvalue weighted by molar-refractivity contribution is 6.02. The molecule has 1 aliphatic rings. The molecule has 0 aliphatic carbocycles. The first-order chi connectivity index (χ1) is 10.9. The van der Waals surface area contributed by atoms with Gasteiger partial charge in [0.1, 0.15) is 0 Å². The number of nitrogens with zero attached hydrogens (tertiary/aromatic N) is 1. The number of amides is 1. The van der Waals surface area contributed by atoms with Crippen LogP contribution in [0.15, 0.2) is 18.2 Å². The minimum Gasteiger partial charge on any atom is -0.481 e. The minimum atomic E-state index is -0.940. The van der Waals surface area contributed by atoms with Crippen molar-refractivity contribution in [2.75, 3.05) is 13.8 Å². The van der Waals surface area contributed by atoms with Crippen molar-refractivity contribution in [3.63, 3.8) is 0 Å². The average molecular weight is 321 g/mol. The van der Waals surface area contributed by atoms with Crippen molar-refractivity contribution in [2.45, 2.75) is 32.2 Å². The summed E-state index contributed by atoms with van der Waals surface area (Å²) in [5.41, 5.74) is 0.437. The Balaban J connectivity index is 1.98. The van der Waals surface area contributed by atoms with Gasteiger partial charge in [0.15, 0.2) is 17.3 Å². The number of likely N-dealkylation sites (N-methyl/N-ethyl adjacent to an activating group) is 1. The molecule has 7 heteroatoms. The van der Waals surface area contributed by atoms with E-state index in [4.69, 9.17) is 14.6 Å². The number of hydrogen-bond donors (Lipinski definition) is 1. The Morgan fingerprint density at radius 3 is 2.61 bits per heavy atom. The van der Waals surface area contributed by atoms with Crippen LogP contribution in [0, 0.1) is 0 Å². The number of aliphatic carboxylic acids is 1. The third kappa shape index (κ3) is 4.00. The van der Waals surface area contributed by atoms with E-state index in [1.807, 2.05) is 0 Å². The molecule has 1 aromatic carbocycles. The van der Waals surface area contributed by atoms with Crippen molar-refractivity contribution in [1.82, 2.24) is 4.90 Å². The molecule has 7 nitrogen and oxygen atoms in total. The average Bonchev–Trinajstić information content (AvgIpc) is 2.99. The molecule has 0 unspecified atom stereocenters. The molecule has 0 fully saturated rings. The lowest BCUT2D eigenvalue weighted by Gasteiger charge is -2.24. The zero-order chi connectivity index (χ0) is 17.0. The van der Waals surface area contributed by atoms with Gasteiger partial charge in [0.05, 0.1) is 6.04 Å². The third-order valence-electron chi connectivity index (χ3n) is 3.79. The normalized spacial score (nSPS) is 13.5. The number of carboxylic acids is 1. The SMILES string of the molecule is C[C@@H](C(=O)c1ccc2c(c1)OCO2)N(C)C(=O)CCCC(=O)O. The number of benzene rings is 1. The highest BCUT2D eigenvalue weighted by Crippen LogP contribution is 2.32. The Kier molecular flexibility index (Phi) is 5.20. The third-order valence-corrected chi connectivity index (χ3v) is 3.79. The molecule has 1 aromatic rings. The number of rotatable bonds is 7. The van der Waals surface area contributed by atoms with Gasteiger partial charge in [0.2, 0.25) is 12.7 Å². The number of ketones is 1. The Morgan fingerprint density at radius 2 is 1.91 bits per heavy atom. The summed E-state index contributed by atoms with van der Waals surface area (Å²) in [6, 6.07) is 4.25. The number of carboxylic acid groups (broad SMARTS) is 1. The minimum absolute atomic E-state index is 0.0654. The number of carbonyl (C=O) groups excluding carboxylic acids is 2. The van der Waals surface area contributed by atoms with Gasteiger partial charge in [0.25, 0.3) is 0 Å². The summed E-state index contributed by atoms with van der Waals surface area (Å²) in [5, 5.41) is 8.59. The molecule has 0 aromatic heterocycles. The zero-order valence-electron chi connectivity index (χ0n) is 13.1. The van der Waals surface area contributed by atoms with Crippen LogP contribution in [0.1, 0.15) is 36.5 Å². The lowest BCUT2D eigenvalue weighted by atomic mass is 10.0. The van der Waals surface area contributed by atoms with E-state index in [9.17, 15) is 14.4 Å². The van der Waals surface area contributed by atoms with E-state index < -0.39 is 12.0 Å². The van der Waals surface area contributed by atoms with Crippen molar-refractivity contribution in [2.24, 2.45) is 0 Å². The Morgan fingerprint density at radius 1 is 1.22 bits per heavy atom. The lowest BCUT2D eigenvalue weighted by molar-refractivity contribution is -0.137. The van der Waals surface area contributed by atoms with Crippen molar-refractivity contribution in [3.8, 4) is 11.5 Å². The van der Waals surface area contributed by atoms with Crippen molar-refractivity contribution in [3.05, 3.63) is 23.8 Å². The molecular formula is C16H19NO6. The second-order valence-corrected chi connectivity index (χ2v) is 5.36. The molecule has 1 amide bonds. The first-order valence-electron chi connectivity index (χ1n) is 7.31. The highest BCUT2D eigenvalue weighted by atomic mass is 16.7. The molecule has 0 bridgehead atoms. The van der Waals surface area contributed by atoms with Crippen molar-refractivity contribution < 1.29 is 29.0 Å². The van der Waals surface area contributed by atoms with E-state index >= 15 is 0 Å². The molecule has 2 rings (SSSR count). The van der Waals surface area contributed by atoms with Gasteiger partial charge >= 0.3 is 5.97 Å². The predicted molar refractivity (Wildman–Crippen MR) is 80.6 cm³/mol. The van der Waals surface area contributed by atoms with Gasteiger partial charge in [-0.3, -0.25) is 14.4 Å². The maximum absolute atomic E-state index is 12.5. The van der Waals surface area contributed by atoms with Crippen LogP contribution in [0.2, 0.25) is 0 Å². The van der Waals surface area contributed by atoms with E-state index in [2.05, 4.69) is 0 Å². The van der Waals surface area contributed by atoms with Crippen LogP contribution in [0.5, 0.6) is 11.5 Å². The van der Waals surface area contributed by atoms with E-state index in [0.717, 1.165) is 0 Å². The molecule has 0 spiro atoms. The fourth-order valence-electron chi connectivity index (χ4n) is 2.25. The number of carbonyl (C=O) groups is 3. The van der Waals surface area contributed by atoms with E-state index in [-0.39, 0.29) is 37.7 Å². The molecule has 1 N–H and O–H groups in total. The Hall–Kier alpha value is -2.57. The number of fused-ring (bicyclic) bond motifs is 1. The fraction of sp³-hybridized carbons (Fsp3) is 0.438. The lowest BCUT2D eigenvalue weighted by Crippen LogP contribution is -2.40. The van der Waals surface area contributed by atoms with Gasteiger partial charge < -0.3 is 19.5 Å². The van der Waals surface area contributed by atoms with Gasteiger partial charge in [-0.05, 0) is 31.5 Å². The van der Waals surface area contributed by atoms with Gasteiger partial charge in [-0.15, -0.1) is 0 Å². The standard InChI is InChI=1S/C16H19NO6/c1-10(17(2)14(18)4-3-5-15(19)20)16(21)11-6-7-12-13(8-11)23-9-22-12/h6-8,10H,3-5,9H2,1-2H3,(H,19,20)/t10-/m0/s1. The first kappa shape index (κ1) is 16.8. The maximum Gasteiger partial charge on any atom is 0.303 e. The molecule has 1 heterocycles. The van der Waals surface area contributed by atoms with Crippen LogP contribution in [0.3, 0.4) is 0 Å². The summed E-state index contributed by atoms with van der Waals surface area (Å²) in [6.07, 6.45) is 0.287. The highest BCUT2D eigenvalue weighted by Gasteiger charge is 2.25. The maximum atomic E-state index is 12.5. The van der Waals surface area contributed by atoms with Crippen LogP contribution >= 0.6 is 0 Å². The Bertz CT molecular complexity index is 627. The smallest absolute Gasteiger partial charge is 0.303 e. The molecule has 1 atom stereocenters. The van der Waals surface area contributed by atoms with E-state index in [1.54, 1.807) is 32.2 Å². The zero-order valence-corrected chi connectivity index (χ0v) is 13.1. The van der Waals surface area contributed by atoms with E-state index in [0.29, 0.717) is 17.1 Å². The van der Waals surface area contributed by atoms with Crippen molar-refractivity contribution >= 4 is 17.7 Å². The van der Waals surface area contributed by atoms with Gasteiger partial charge in [-0.1, -0.05) is 0 Å². The predicted octanol–water partition coefficient (Wildman–Crippen LogP) is 1.70. The molecular weight excluding hydrogens is 302 g/mol. The molecule has 0 radical (unpaired) electrons. The molecule has 0 saturated carbocycles. The van der Waals surface area contributed by atoms with Gasteiger partial charge in [-0.25, -0.2) is 0 Å². The second kappa shape index (κ2) is 7.13. The van der Waals surface area contributed by atoms with Crippen LogP contribution in [-0.4, -0.2) is 47.5 Å². The molecule has 1 aliphatic heterocycles. The van der Waals surface area contributed by atoms with Crippen LogP contribution in [-0.2, 0) is 9.59 Å². The summed E-state index contributed by atoms with van der Waals surface area (Å²) < 4.78 is 10.4. The summed E-state index contributed by atoms with van der Waals surface area (Å²) >= 11 is 0. The van der Waals surface area contributed by atoms with Crippen molar-refractivity contribution in [1.29, 1.82) is 0 Å². The molecule has 23 heavy (non-hydrogen) atoms. The van der Waals surface area contributed by atoms with Gasteiger partial charge in [0, 0.05) is 25.5 Å². The number of Topliss-reactive ketones (excluding diaryl/α,β-unsaturated/α-hetero) is 1. The van der Waals surface area contributed by atoms with Gasteiger partial charge in [-0.2, -0.15) is 0 Å². The van der Waals surface area contributed by atoms with Crippen LogP contribution < -0.4 is 9.47 Å². The molecule has 124 valence electrons. The first-order valence-corrected chi connectivity index (χ1v) is 7.31. The second-order valence-electron chi connectivity index (χ2n) is 5.36. The number of hydrogen-bond acceptors (Lipinski definition) is 5. The summed E-state index contributed by atoms with van der Waals surface area (Å²) in [5.74, 6) is -0.305. The van der Waals surface area contributed by atoms with E-state index in [1.165, 1.54) is 4.90 Å². The largest absolute Gasteiger partial charge is 0.481 e. The topological polar surface area (TPSA) is 93.1 Å². The Labute approximate surface area is 133 Å².